The maximum Gasteiger partial charge on any atom is 0.417 e. The lowest BCUT2D eigenvalue weighted by atomic mass is 9.85. The molecule has 0 radical (unpaired) electrons. The normalized spacial score (nSPS) is 17.6. The third kappa shape index (κ3) is 19.3. The molecule has 5 heterocycles. The highest BCUT2D eigenvalue weighted by Gasteiger charge is 2.46. The van der Waals surface area contributed by atoms with Crippen LogP contribution in [-0.2, 0) is 41.4 Å². The first-order valence-electron chi connectivity index (χ1n) is 31.5. The van der Waals surface area contributed by atoms with E-state index < -0.39 is 64.2 Å². The second-order valence-electron chi connectivity index (χ2n) is 25.2. The van der Waals surface area contributed by atoms with Crippen molar-refractivity contribution in [2.24, 2.45) is 5.41 Å². The van der Waals surface area contributed by atoms with Crippen LogP contribution in [0.5, 0.6) is 0 Å². The number of H-pyrrole nitrogens is 1. The topological polar surface area (TPSA) is 222 Å². The van der Waals surface area contributed by atoms with Gasteiger partial charge in [-0.05, 0) is 85.2 Å². The number of hydrogen-bond donors (Lipinski definition) is 5. The number of thiazole rings is 1. The number of ether oxygens (including phenoxy) is 1. The monoisotopic (exact) mass is 1260 g/mol. The Labute approximate surface area is 529 Å². The molecule has 4 atom stereocenters. The highest BCUT2D eigenvalue weighted by Crippen LogP contribution is 2.36. The van der Waals surface area contributed by atoms with Crippen molar-refractivity contribution >= 4 is 58.2 Å². The number of nitrogens with zero attached hydrogens (tertiary/aromatic N) is 6. The van der Waals surface area contributed by atoms with Crippen LogP contribution >= 0.6 is 11.3 Å². The maximum absolute atomic E-state index is 14.4. The molecule has 0 bridgehead atoms. The first-order chi connectivity index (χ1) is 42.9. The number of piperazine rings is 2. The van der Waals surface area contributed by atoms with Gasteiger partial charge in [0.25, 0.3) is 5.91 Å². The number of aromatic nitrogens is 2. The van der Waals surface area contributed by atoms with Crippen molar-refractivity contribution in [1.82, 2.24) is 45.5 Å². The van der Waals surface area contributed by atoms with Crippen LogP contribution in [0.15, 0.2) is 89.3 Å². The van der Waals surface area contributed by atoms with Gasteiger partial charge in [-0.2, -0.15) is 13.2 Å². The zero-order valence-electron chi connectivity index (χ0n) is 52.9. The van der Waals surface area contributed by atoms with Gasteiger partial charge in [-0.1, -0.05) is 101 Å². The number of unbranched alkanes of at least 4 members (excludes halogenated alkanes) is 6. The van der Waals surface area contributed by atoms with Gasteiger partial charge in [-0.3, -0.25) is 43.4 Å². The van der Waals surface area contributed by atoms with Crippen LogP contribution in [0.2, 0.25) is 0 Å². The molecule has 3 fully saturated rings. The molecule has 0 aliphatic carbocycles. The minimum Gasteiger partial charge on any atom is -0.461 e. The van der Waals surface area contributed by atoms with Crippen LogP contribution in [0.3, 0.4) is 0 Å². The number of alkyl halides is 3. The van der Waals surface area contributed by atoms with Crippen LogP contribution in [0, 0.1) is 12.3 Å². The highest BCUT2D eigenvalue weighted by atomic mass is 32.1. The molecular weight excluding hydrogens is 1180 g/mol. The third-order valence-corrected chi connectivity index (χ3v) is 18.1. The number of benzene rings is 3. The zero-order valence-corrected chi connectivity index (χ0v) is 53.8. The van der Waals surface area contributed by atoms with E-state index >= 15 is 0 Å². The number of carbonyl (C=O) groups excluding carboxylic acids is 6. The molecule has 0 saturated carbocycles. The fraction of sp³-hybridized carbons (Fsp3) is 0.522. The van der Waals surface area contributed by atoms with Crippen LogP contribution in [0.1, 0.15) is 138 Å². The summed E-state index contributed by atoms with van der Waals surface area (Å²) >= 11 is 1.57. The second kappa shape index (κ2) is 31.5. The van der Waals surface area contributed by atoms with Crippen LogP contribution in [-0.4, -0.2) is 162 Å². The van der Waals surface area contributed by atoms with Crippen molar-refractivity contribution in [3.05, 3.63) is 123 Å². The molecule has 5 N–H and O–H groups in total. The number of likely N-dealkylation sites (tertiary alicyclic amines) is 1. The number of carbonyl (C=O) groups is 6. The summed E-state index contributed by atoms with van der Waals surface area (Å²) in [7, 11) is 2.02. The minimum absolute atomic E-state index is 0.0341. The molecular formula is C67H88F3N11O8S. The average molecular weight is 1260 g/mol. The number of likely N-dealkylation sites (N-methyl/N-ethyl adjacent to an activating group) is 1. The smallest absolute Gasteiger partial charge is 0.417 e. The molecule has 0 spiro atoms. The third-order valence-electron chi connectivity index (χ3n) is 17.1. The number of esters is 1. The van der Waals surface area contributed by atoms with Gasteiger partial charge in [0, 0.05) is 110 Å². The predicted octanol–water partition coefficient (Wildman–Crippen LogP) is 9.18. The molecule has 486 valence electrons. The van der Waals surface area contributed by atoms with Gasteiger partial charge in [-0.15, -0.1) is 11.3 Å². The van der Waals surface area contributed by atoms with Crippen molar-refractivity contribution < 1.29 is 46.7 Å². The Morgan fingerprint density at radius 3 is 2.07 bits per heavy atom. The second-order valence-corrected chi connectivity index (χ2v) is 26.1. The Hall–Kier alpha value is -7.47. The van der Waals surface area contributed by atoms with E-state index in [1.807, 2.05) is 95.7 Å². The lowest BCUT2D eigenvalue weighted by Crippen LogP contribution is -2.57. The lowest BCUT2D eigenvalue weighted by molar-refractivity contribution is -0.147. The lowest BCUT2D eigenvalue weighted by Gasteiger charge is -2.35. The molecule has 3 aliphatic rings. The number of amides is 5. The van der Waals surface area contributed by atoms with E-state index in [1.54, 1.807) is 17.4 Å². The van der Waals surface area contributed by atoms with Gasteiger partial charge in [0.15, 0.2) is 0 Å². The summed E-state index contributed by atoms with van der Waals surface area (Å²) < 4.78 is 47.4. The van der Waals surface area contributed by atoms with Crippen molar-refractivity contribution in [3.63, 3.8) is 0 Å². The van der Waals surface area contributed by atoms with E-state index in [0.717, 1.165) is 129 Å². The van der Waals surface area contributed by atoms with Crippen LogP contribution in [0.25, 0.3) is 21.6 Å². The molecule has 3 aromatic carbocycles. The Balaban J connectivity index is 0.706. The number of halogens is 3. The van der Waals surface area contributed by atoms with Gasteiger partial charge in [0.2, 0.25) is 29.2 Å². The number of anilines is 2. The number of aryl methyl sites for hydroxylation is 1. The Kier molecular flexibility index (Phi) is 24.0. The van der Waals surface area contributed by atoms with Crippen molar-refractivity contribution in [2.45, 2.75) is 143 Å². The molecule has 2 aromatic heterocycles. The Morgan fingerprint density at radius 2 is 1.42 bits per heavy atom. The zero-order chi connectivity index (χ0) is 64.7. The standard InChI is InChI=1S/C67H88F3N11O8S/c1-44(48-20-22-49(23-21-48)61-45(2)73-43-90-61)74-64(87)57-38-52(89-46(3)82)42-81(57)65(88)62(66(4,5)6)76-59(84)19-14-12-10-8-9-11-13-18-58(83)71-26-27-78-30-32-79(33-31-78)41-47-16-15-17-50(36-47)51-24-25-56(80-34-28-77(7)29-35-80)55(37-51)75-63(86)53-40-72-60(85)39-54(53)67(68,69)70/h15-17,20-25,36-37,39-40,43-44,52,57,62H,8-14,18-19,26-35,38,41-42H2,1-7H3,(H,71,83)(H,72,85)(H,74,87)(H,75,86)(H,76,84)/t44-,52+,57-,62+/m0/s1. The number of hydrogen-bond acceptors (Lipinski definition) is 14. The summed E-state index contributed by atoms with van der Waals surface area (Å²) in [5.41, 5.74) is 4.91. The van der Waals surface area contributed by atoms with E-state index in [9.17, 15) is 46.7 Å². The summed E-state index contributed by atoms with van der Waals surface area (Å²) in [5.74, 6) is -2.45. The van der Waals surface area contributed by atoms with Gasteiger partial charge in [0.05, 0.1) is 51.2 Å². The van der Waals surface area contributed by atoms with Gasteiger partial charge in [0.1, 0.15) is 18.2 Å². The van der Waals surface area contributed by atoms with Gasteiger partial charge < -0.3 is 45.7 Å². The molecule has 23 heteroatoms. The summed E-state index contributed by atoms with van der Waals surface area (Å²) in [6, 6.07) is 19.9. The summed E-state index contributed by atoms with van der Waals surface area (Å²) in [6.45, 7) is 19.1. The number of aromatic amines is 1. The van der Waals surface area contributed by atoms with E-state index in [1.165, 1.54) is 11.8 Å². The molecule has 5 amide bonds. The van der Waals surface area contributed by atoms with Crippen LogP contribution in [0.4, 0.5) is 24.5 Å². The van der Waals surface area contributed by atoms with E-state index in [2.05, 4.69) is 63.0 Å². The molecule has 3 saturated heterocycles. The largest absolute Gasteiger partial charge is 0.461 e. The molecule has 5 aromatic rings. The van der Waals surface area contributed by atoms with Crippen molar-refractivity contribution in [3.8, 4) is 21.6 Å². The molecule has 3 aliphatic heterocycles. The maximum atomic E-state index is 14.4. The number of nitrogens with one attached hydrogen (secondary N) is 5. The van der Waals surface area contributed by atoms with E-state index in [0.29, 0.717) is 56.5 Å². The SMILES string of the molecule is CC(=O)O[C@@H]1C[C@@H](C(=O)N[C@@H](C)c2ccc(-c3scnc3C)cc2)N(C(=O)[C@@H](NC(=O)CCCCCCCCCC(=O)NCCN2CCN(Cc3cccc(-c4ccc(N5CCN(C)CC5)c(NC(=O)c5c[nH]c(=O)cc5C(F)(F)F)c4)c3)CC2)C(C)(C)C)C1. The highest BCUT2D eigenvalue weighted by molar-refractivity contribution is 7.13. The fourth-order valence-electron chi connectivity index (χ4n) is 12.0. The van der Waals surface area contributed by atoms with Gasteiger partial charge in [-0.25, -0.2) is 4.98 Å². The summed E-state index contributed by atoms with van der Waals surface area (Å²) in [4.78, 5) is 110. The number of pyridine rings is 1. The fourth-order valence-corrected chi connectivity index (χ4v) is 12.8. The molecule has 8 rings (SSSR count). The van der Waals surface area contributed by atoms with Crippen LogP contribution < -0.4 is 31.7 Å². The molecule has 0 unspecified atom stereocenters. The number of rotatable bonds is 26. The average Bonchev–Trinajstić information content (AvgIpc) is 1.43. The quantitative estimate of drug-likeness (QED) is 0.0258. The van der Waals surface area contributed by atoms with Crippen molar-refractivity contribution in [2.75, 3.05) is 89.3 Å². The minimum atomic E-state index is -4.91. The van der Waals surface area contributed by atoms with Gasteiger partial charge >= 0.3 is 12.1 Å². The summed E-state index contributed by atoms with van der Waals surface area (Å²) in [5, 5.41) is 11.9. The van der Waals surface area contributed by atoms with E-state index in [4.69, 9.17) is 4.74 Å². The molecule has 90 heavy (non-hydrogen) atoms. The Bertz CT molecular complexity index is 3330. The first kappa shape index (κ1) is 68.4. The van der Waals surface area contributed by atoms with Crippen molar-refractivity contribution in [1.29, 1.82) is 0 Å². The predicted molar refractivity (Wildman–Crippen MR) is 344 cm³/mol. The molecule has 19 nitrogen and oxygen atoms in total. The summed E-state index contributed by atoms with van der Waals surface area (Å²) in [6.07, 6.45) is 2.21. The Morgan fingerprint density at radius 1 is 0.778 bits per heavy atom. The van der Waals surface area contributed by atoms with E-state index in [-0.39, 0.29) is 43.1 Å². The first-order valence-corrected chi connectivity index (χ1v) is 32.4.